The zero-order valence-electron chi connectivity index (χ0n) is 10.9. The average molecular weight is 243 g/mol. The van der Waals surface area contributed by atoms with Crippen molar-refractivity contribution < 1.29 is 4.74 Å². The van der Waals surface area contributed by atoms with E-state index in [9.17, 15) is 0 Å². The molecule has 0 aliphatic heterocycles. The molecule has 0 unspecified atom stereocenters. The summed E-state index contributed by atoms with van der Waals surface area (Å²) in [5.41, 5.74) is 9.66. The Labute approximate surface area is 107 Å². The van der Waals surface area contributed by atoms with Gasteiger partial charge in [-0.05, 0) is 31.4 Å². The summed E-state index contributed by atoms with van der Waals surface area (Å²) in [6, 6.07) is 5.68. The lowest BCUT2D eigenvalue weighted by molar-refractivity contribution is 0.457. The molecule has 0 aliphatic rings. The fourth-order valence-electron chi connectivity index (χ4n) is 1.70. The number of hydrogen-bond acceptors (Lipinski definition) is 4. The first kappa shape index (κ1) is 12.4. The number of nitrogen functional groups attached to an aromatic ring is 1. The summed E-state index contributed by atoms with van der Waals surface area (Å²) in [6.45, 7) is 6.01. The highest BCUT2D eigenvalue weighted by Gasteiger charge is 2.06. The molecule has 0 fully saturated rings. The second-order valence-electron chi connectivity index (χ2n) is 4.28. The monoisotopic (exact) mass is 243 g/mol. The van der Waals surface area contributed by atoms with Gasteiger partial charge in [0.25, 0.3) is 0 Å². The maximum absolute atomic E-state index is 5.89. The minimum atomic E-state index is 0.549. The van der Waals surface area contributed by atoms with Gasteiger partial charge >= 0.3 is 0 Å². The van der Waals surface area contributed by atoms with Crippen molar-refractivity contribution >= 4 is 5.69 Å². The van der Waals surface area contributed by atoms with Crippen LogP contribution in [0.1, 0.15) is 23.7 Å². The van der Waals surface area contributed by atoms with Crippen LogP contribution < -0.4 is 10.5 Å². The summed E-state index contributed by atoms with van der Waals surface area (Å²) in [4.78, 5) is 8.24. The number of aryl methyl sites for hydroxylation is 3. The van der Waals surface area contributed by atoms with Crippen LogP contribution in [0.5, 0.6) is 11.6 Å². The molecule has 0 atom stereocenters. The van der Waals surface area contributed by atoms with E-state index in [0.29, 0.717) is 5.88 Å². The van der Waals surface area contributed by atoms with E-state index in [1.54, 1.807) is 0 Å². The van der Waals surface area contributed by atoms with Gasteiger partial charge in [-0.15, -0.1) is 0 Å². The van der Waals surface area contributed by atoms with E-state index in [0.717, 1.165) is 34.7 Å². The molecule has 0 radical (unpaired) electrons. The average Bonchev–Trinajstić information content (AvgIpc) is 2.36. The molecule has 1 aromatic carbocycles. The first-order chi connectivity index (χ1) is 8.60. The van der Waals surface area contributed by atoms with Crippen LogP contribution >= 0.6 is 0 Å². The summed E-state index contributed by atoms with van der Waals surface area (Å²) in [5.74, 6) is 1.28. The minimum absolute atomic E-state index is 0.549. The second-order valence-corrected chi connectivity index (χ2v) is 4.28. The molecule has 0 saturated heterocycles. The van der Waals surface area contributed by atoms with E-state index in [2.05, 4.69) is 9.97 Å². The molecule has 4 nitrogen and oxygen atoms in total. The fourth-order valence-corrected chi connectivity index (χ4v) is 1.70. The number of ether oxygens (including phenoxy) is 1. The molecule has 0 aliphatic carbocycles. The van der Waals surface area contributed by atoms with Crippen molar-refractivity contribution in [3.63, 3.8) is 0 Å². The van der Waals surface area contributed by atoms with Gasteiger partial charge in [-0.2, -0.15) is 0 Å². The summed E-state index contributed by atoms with van der Waals surface area (Å²) >= 11 is 0. The molecular formula is C14H17N3O. The molecule has 4 heteroatoms. The minimum Gasteiger partial charge on any atom is -0.439 e. The summed E-state index contributed by atoms with van der Waals surface area (Å²) in [6.07, 6.45) is 2.37. The van der Waals surface area contributed by atoms with E-state index in [4.69, 9.17) is 10.5 Å². The highest BCUT2D eigenvalue weighted by Crippen LogP contribution is 2.28. The molecule has 0 amide bonds. The second kappa shape index (κ2) is 5.04. The fraction of sp³-hybridized carbons (Fsp3) is 0.286. The van der Waals surface area contributed by atoms with Crippen molar-refractivity contribution in [3.8, 4) is 11.6 Å². The Bertz CT molecular complexity index is 567. The molecule has 2 N–H and O–H groups in total. The molecule has 94 valence electrons. The number of anilines is 1. The van der Waals surface area contributed by atoms with Crippen LogP contribution in [0.2, 0.25) is 0 Å². The van der Waals surface area contributed by atoms with Crippen molar-refractivity contribution in [3.05, 3.63) is 41.3 Å². The maximum atomic E-state index is 5.89. The lowest BCUT2D eigenvalue weighted by Crippen LogP contribution is -1.97. The van der Waals surface area contributed by atoms with Gasteiger partial charge in [0.15, 0.2) is 0 Å². The molecule has 2 aromatic rings. The molecule has 0 saturated carbocycles. The van der Waals surface area contributed by atoms with Gasteiger partial charge in [0.1, 0.15) is 12.1 Å². The van der Waals surface area contributed by atoms with E-state index >= 15 is 0 Å². The molecule has 1 heterocycles. The summed E-state index contributed by atoms with van der Waals surface area (Å²) in [7, 11) is 0. The van der Waals surface area contributed by atoms with Gasteiger partial charge in [-0.3, -0.25) is 0 Å². The van der Waals surface area contributed by atoms with Crippen LogP contribution in [0.3, 0.4) is 0 Å². The Morgan fingerprint density at radius 1 is 1.11 bits per heavy atom. The Morgan fingerprint density at radius 3 is 2.61 bits per heavy atom. The predicted molar refractivity (Wildman–Crippen MR) is 71.8 cm³/mol. The van der Waals surface area contributed by atoms with Gasteiger partial charge in [-0.25, -0.2) is 9.97 Å². The highest BCUT2D eigenvalue weighted by atomic mass is 16.5. The lowest BCUT2D eigenvalue weighted by Gasteiger charge is -2.10. The maximum Gasteiger partial charge on any atom is 0.222 e. The molecule has 0 bridgehead atoms. The van der Waals surface area contributed by atoms with Gasteiger partial charge < -0.3 is 10.5 Å². The predicted octanol–water partition coefficient (Wildman–Crippen LogP) is 3.03. The quantitative estimate of drug-likeness (QED) is 0.842. The van der Waals surface area contributed by atoms with Gasteiger partial charge in [0.05, 0.1) is 0 Å². The standard InChI is InChI=1S/C14H17N3O/c1-4-11-6-14(17-8-16-11)18-13-7-12(15)9(2)5-10(13)3/h5-8H,4,15H2,1-3H3. The summed E-state index contributed by atoms with van der Waals surface area (Å²) < 4.78 is 5.76. The zero-order chi connectivity index (χ0) is 13.1. The Balaban J connectivity index is 2.30. The third-order valence-corrected chi connectivity index (χ3v) is 2.84. The number of nitrogens with zero attached hydrogens (tertiary/aromatic N) is 2. The molecule has 0 spiro atoms. The van der Waals surface area contributed by atoms with Crippen molar-refractivity contribution in [2.24, 2.45) is 0 Å². The van der Waals surface area contributed by atoms with Crippen LogP contribution in [0, 0.1) is 13.8 Å². The largest absolute Gasteiger partial charge is 0.439 e. The Morgan fingerprint density at radius 2 is 1.89 bits per heavy atom. The zero-order valence-corrected chi connectivity index (χ0v) is 10.9. The molecular weight excluding hydrogens is 226 g/mol. The Kier molecular flexibility index (Phi) is 3.46. The van der Waals surface area contributed by atoms with Crippen LogP contribution in [-0.4, -0.2) is 9.97 Å². The third-order valence-electron chi connectivity index (χ3n) is 2.84. The van der Waals surface area contributed by atoms with E-state index in [1.807, 2.05) is 39.0 Å². The van der Waals surface area contributed by atoms with Crippen molar-refractivity contribution in [1.82, 2.24) is 9.97 Å². The van der Waals surface area contributed by atoms with Crippen LogP contribution in [0.15, 0.2) is 24.5 Å². The smallest absolute Gasteiger partial charge is 0.222 e. The van der Waals surface area contributed by atoms with Crippen LogP contribution in [0.4, 0.5) is 5.69 Å². The number of nitrogens with two attached hydrogens (primary N) is 1. The van der Waals surface area contributed by atoms with E-state index < -0.39 is 0 Å². The number of aromatic nitrogens is 2. The molecule has 2 rings (SSSR count). The Hall–Kier alpha value is -2.10. The lowest BCUT2D eigenvalue weighted by atomic mass is 10.1. The van der Waals surface area contributed by atoms with Gasteiger partial charge in [0, 0.05) is 23.5 Å². The summed E-state index contributed by atoms with van der Waals surface area (Å²) in [5, 5.41) is 0. The van der Waals surface area contributed by atoms with Crippen LogP contribution in [-0.2, 0) is 6.42 Å². The molecule has 18 heavy (non-hydrogen) atoms. The number of benzene rings is 1. The normalized spacial score (nSPS) is 10.4. The first-order valence-corrected chi connectivity index (χ1v) is 5.95. The topological polar surface area (TPSA) is 61.0 Å². The molecule has 1 aromatic heterocycles. The van der Waals surface area contributed by atoms with Gasteiger partial charge in [-0.1, -0.05) is 13.0 Å². The van der Waals surface area contributed by atoms with E-state index in [-0.39, 0.29) is 0 Å². The third kappa shape index (κ3) is 2.59. The van der Waals surface area contributed by atoms with Crippen molar-refractivity contribution in [2.75, 3.05) is 5.73 Å². The first-order valence-electron chi connectivity index (χ1n) is 5.95. The van der Waals surface area contributed by atoms with Crippen LogP contribution in [0.25, 0.3) is 0 Å². The van der Waals surface area contributed by atoms with Crippen molar-refractivity contribution in [1.29, 1.82) is 0 Å². The highest BCUT2D eigenvalue weighted by molar-refractivity contribution is 5.54. The number of rotatable bonds is 3. The van der Waals surface area contributed by atoms with Crippen molar-refractivity contribution in [2.45, 2.75) is 27.2 Å². The van der Waals surface area contributed by atoms with Gasteiger partial charge in [0.2, 0.25) is 5.88 Å². The number of hydrogen-bond donors (Lipinski definition) is 1. The SMILES string of the molecule is CCc1cc(Oc2cc(N)c(C)cc2C)ncn1. The van der Waals surface area contributed by atoms with E-state index in [1.165, 1.54) is 6.33 Å².